The molecular formula is C33H50N2O8SSi2. The molecule has 46 heavy (non-hydrogen) atoms. The molecule has 0 radical (unpaired) electrons. The van der Waals surface area contributed by atoms with Crippen LogP contribution in [0.15, 0.2) is 40.1 Å². The molecular weight excluding hydrogens is 641 g/mol. The van der Waals surface area contributed by atoms with E-state index in [9.17, 15) is 14.4 Å². The number of hydrogen-bond donors (Lipinski definition) is 1. The summed E-state index contributed by atoms with van der Waals surface area (Å²) in [5, 5.41) is -0.669. The summed E-state index contributed by atoms with van der Waals surface area (Å²) in [6.07, 6.45) is 2.36. The first-order chi connectivity index (χ1) is 21.6. The average Bonchev–Trinajstić information content (AvgIpc) is 3.51. The molecule has 1 aromatic carbocycles. The van der Waals surface area contributed by atoms with E-state index in [1.807, 2.05) is 0 Å². The second kappa shape index (κ2) is 13.0. The zero-order valence-electron chi connectivity index (χ0n) is 28.7. The van der Waals surface area contributed by atoms with Crippen LogP contribution in [0.2, 0.25) is 22.2 Å². The summed E-state index contributed by atoms with van der Waals surface area (Å²) >= 11 is 1.60. The zero-order chi connectivity index (χ0) is 33.8. The zero-order valence-corrected chi connectivity index (χ0v) is 31.6. The van der Waals surface area contributed by atoms with Crippen LogP contribution in [0.3, 0.4) is 0 Å². The number of methoxy groups -OCH3 is 1. The molecule has 1 aromatic heterocycles. The van der Waals surface area contributed by atoms with E-state index >= 15 is 0 Å². The molecule has 3 heterocycles. The molecule has 2 aromatic rings. The summed E-state index contributed by atoms with van der Waals surface area (Å²) < 4.78 is 35.3. The Kier molecular flexibility index (Phi) is 9.96. The number of thioether (sulfide) groups is 1. The molecule has 254 valence electrons. The largest absolute Gasteiger partial charge is 0.497 e. The van der Waals surface area contributed by atoms with Gasteiger partial charge in [0.25, 0.3) is 5.56 Å². The minimum atomic E-state index is -3.11. The van der Waals surface area contributed by atoms with Gasteiger partial charge in [0, 0.05) is 11.8 Å². The molecule has 0 bridgehead atoms. The number of aryl methyl sites for hydroxylation is 1. The normalized spacial score (nSPS) is 28.7. The van der Waals surface area contributed by atoms with Gasteiger partial charge >= 0.3 is 28.8 Å². The van der Waals surface area contributed by atoms with E-state index in [1.165, 1.54) is 4.57 Å². The van der Waals surface area contributed by atoms with Crippen LogP contribution in [0.25, 0.3) is 0 Å². The van der Waals surface area contributed by atoms with E-state index in [4.69, 9.17) is 22.4 Å². The predicted molar refractivity (Wildman–Crippen MR) is 184 cm³/mol. The number of ether oxygens (including phenoxy) is 2. The van der Waals surface area contributed by atoms with Crippen LogP contribution in [0.1, 0.15) is 95.9 Å². The molecule has 13 heteroatoms. The summed E-state index contributed by atoms with van der Waals surface area (Å²) in [7, 11) is -4.43. The third-order valence-electron chi connectivity index (χ3n) is 10.1. The van der Waals surface area contributed by atoms with E-state index in [0.29, 0.717) is 16.9 Å². The van der Waals surface area contributed by atoms with Gasteiger partial charge in [-0.05, 0) is 72.6 Å². The number of rotatable bonds is 8. The molecule has 2 saturated heterocycles. The first-order valence-corrected chi connectivity index (χ1v) is 21.3. The molecule has 1 spiro atoms. The quantitative estimate of drug-likeness (QED) is 0.242. The van der Waals surface area contributed by atoms with Crippen molar-refractivity contribution in [2.24, 2.45) is 0 Å². The lowest BCUT2D eigenvalue weighted by molar-refractivity contribution is -0.0591. The maximum absolute atomic E-state index is 13.9. The Bertz CT molecular complexity index is 1530. The summed E-state index contributed by atoms with van der Waals surface area (Å²) in [5.74, 6) is 0.0973. The topological polar surface area (TPSA) is 118 Å². The van der Waals surface area contributed by atoms with Crippen LogP contribution < -0.4 is 16.0 Å². The molecule has 5 atom stereocenters. The minimum Gasteiger partial charge on any atom is -0.497 e. The number of benzene rings is 1. The summed E-state index contributed by atoms with van der Waals surface area (Å²) in [6.45, 7) is 19.2. The molecule has 1 saturated carbocycles. The van der Waals surface area contributed by atoms with Gasteiger partial charge in [-0.2, -0.15) is 0 Å². The Morgan fingerprint density at radius 3 is 2.13 bits per heavy atom. The van der Waals surface area contributed by atoms with E-state index in [-0.39, 0.29) is 28.3 Å². The van der Waals surface area contributed by atoms with E-state index in [2.05, 4.69) is 60.4 Å². The van der Waals surface area contributed by atoms with Crippen molar-refractivity contribution in [2.45, 2.75) is 132 Å². The lowest BCUT2D eigenvalue weighted by Gasteiger charge is -2.55. The van der Waals surface area contributed by atoms with E-state index in [1.54, 1.807) is 56.3 Å². The molecule has 3 aliphatic rings. The molecule has 1 aliphatic carbocycles. The maximum Gasteiger partial charge on any atom is 0.338 e. The molecule has 5 rings (SSSR count). The monoisotopic (exact) mass is 690 g/mol. The van der Waals surface area contributed by atoms with Gasteiger partial charge in [0.15, 0.2) is 6.10 Å². The lowest BCUT2D eigenvalue weighted by Crippen LogP contribution is -2.69. The molecule has 1 N–H and O–H groups in total. The SMILES string of the molecule is COc1ccc(C(=O)O[C@H]2[C@H](n3cc(C)c(=O)[nH]c3=O)SC34CCC[C@H]3O[Si](C(C)C)(C(C)C)O[Si](C(C)C)(C(C)C)O[C@@H]24)cc1. The van der Waals surface area contributed by atoms with E-state index in [0.717, 1.165) is 19.3 Å². The summed E-state index contributed by atoms with van der Waals surface area (Å²) in [4.78, 5) is 42.3. The van der Waals surface area contributed by atoms with Crippen LogP contribution in [-0.4, -0.2) is 62.8 Å². The highest BCUT2D eigenvalue weighted by molar-refractivity contribution is 8.01. The fourth-order valence-corrected chi connectivity index (χ4v) is 21.2. The third kappa shape index (κ3) is 5.78. The average molecular weight is 691 g/mol. The third-order valence-corrected chi connectivity index (χ3v) is 22.3. The van der Waals surface area contributed by atoms with Gasteiger partial charge in [-0.15, -0.1) is 11.8 Å². The van der Waals surface area contributed by atoms with Gasteiger partial charge in [-0.25, -0.2) is 9.59 Å². The Labute approximate surface area is 278 Å². The van der Waals surface area contributed by atoms with Crippen molar-refractivity contribution in [1.29, 1.82) is 0 Å². The summed E-state index contributed by atoms with van der Waals surface area (Å²) in [6, 6.07) is 6.77. The maximum atomic E-state index is 13.9. The Balaban J connectivity index is 1.72. The van der Waals surface area contributed by atoms with Crippen LogP contribution in [0.4, 0.5) is 0 Å². The van der Waals surface area contributed by atoms with Gasteiger partial charge in [-0.1, -0.05) is 55.4 Å². The van der Waals surface area contributed by atoms with Crippen molar-refractivity contribution in [3.05, 3.63) is 62.4 Å². The van der Waals surface area contributed by atoms with E-state index < -0.39 is 56.7 Å². The van der Waals surface area contributed by atoms with Crippen molar-refractivity contribution < 1.29 is 27.2 Å². The van der Waals surface area contributed by atoms with Crippen LogP contribution >= 0.6 is 11.8 Å². The van der Waals surface area contributed by atoms with Crippen LogP contribution in [0, 0.1) is 6.92 Å². The van der Waals surface area contributed by atoms with Crippen molar-refractivity contribution >= 4 is 34.9 Å². The highest BCUT2D eigenvalue weighted by Crippen LogP contribution is 2.63. The number of carbonyl (C=O) groups is 1. The van der Waals surface area contributed by atoms with Crippen molar-refractivity contribution in [3.8, 4) is 5.75 Å². The minimum absolute atomic E-state index is 0.0653. The lowest BCUT2D eigenvalue weighted by atomic mass is 9.93. The Morgan fingerprint density at radius 2 is 1.57 bits per heavy atom. The fraction of sp³-hybridized carbons (Fsp3) is 0.667. The van der Waals surface area contributed by atoms with Gasteiger partial charge in [0.2, 0.25) is 0 Å². The van der Waals surface area contributed by atoms with Gasteiger partial charge in [0.1, 0.15) is 17.2 Å². The fourth-order valence-electron chi connectivity index (χ4n) is 7.64. The van der Waals surface area contributed by atoms with Crippen molar-refractivity contribution in [1.82, 2.24) is 9.55 Å². The van der Waals surface area contributed by atoms with Gasteiger partial charge < -0.3 is 22.4 Å². The van der Waals surface area contributed by atoms with Crippen molar-refractivity contribution in [2.75, 3.05) is 7.11 Å². The van der Waals surface area contributed by atoms with Crippen molar-refractivity contribution in [3.63, 3.8) is 0 Å². The number of aromatic nitrogens is 2. The highest BCUT2D eigenvalue weighted by Gasteiger charge is 2.70. The number of esters is 1. The number of nitrogens with zero attached hydrogens (tertiary/aromatic N) is 1. The first kappa shape index (κ1) is 35.1. The standard InChI is InChI=1S/C33H50N2O8SSi2/c1-19(2)45(20(3)4)41-26-12-11-17-33(26)28(42-46(43-45,21(5)6)22(7)8)27(40-31(37)24-13-15-25(39-10)16-14-24)30(44-33)35-18-23(9)29(36)34-32(35)38/h13-16,18-22,26-28,30H,11-12,17H2,1-10H3,(H,34,36,38)/t26-,27-,28+,30-,33?/m1/s1. The number of aromatic amines is 1. The number of H-pyrrole nitrogens is 1. The van der Waals surface area contributed by atoms with Crippen LogP contribution in [0.5, 0.6) is 5.75 Å². The molecule has 2 aliphatic heterocycles. The Morgan fingerprint density at radius 1 is 0.978 bits per heavy atom. The molecule has 3 fully saturated rings. The second-order valence-electron chi connectivity index (χ2n) is 14.2. The number of carbonyl (C=O) groups excluding carboxylic acids is 1. The first-order valence-electron chi connectivity index (χ1n) is 16.5. The summed E-state index contributed by atoms with van der Waals surface area (Å²) in [5.41, 5.74) is 0.230. The molecule has 0 amide bonds. The molecule has 10 nitrogen and oxygen atoms in total. The number of hydrogen-bond acceptors (Lipinski definition) is 9. The van der Waals surface area contributed by atoms with Crippen LogP contribution in [-0.2, 0) is 17.7 Å². The van der Waals surface area contributed by atoms with Gasteiger partial charge in [-0.3, -0.25) is 14.3 Å². The smallest absolute Gasteiger partial charge is 0.338 e. The molecule has 1 unspecified atom stereocenters. The highest BCUT2D eigenvalue weighted by atomic mass is 32.2. The predicted octanol–water partition coefficient (Wildman–Crippen LogP) is 6.57. The number of nitrogens with one attached hydrogen (secondary N) is 1. The second-order valence-corrected chi connectivity index (χ2v) is 24.5. The van der Waals surface area contributed by atoms with Gasteiger partial charge in [0.05, 0.1) is 23.5 Å². The Hall–Kier alpha value is -2.17.